The Labute approximate surface area is 121 Å². The summed E-state index contributed by atoms with van der Waals surface area (Å²) in [6.45, 7) is 2.87. The summed E-state index contributed by atoms with van der Waals surface area (Å²) in [7, 11) is -3.41. The predicted molar refractivity (Wildman–Crippen MR) is 80.2 cm³/mol. The third-order valence-corrected chi connectivity index (χ3v) is 6.56. The van der Waals surface area contributed by atoms with E-state index in [1.54, 1.807) is 17.4 Å². The van der Waals surface area contributed by atoms with Crippen LogP contribution >= 0.6 is 22.7 Å². The van der Waals surface area contributed by atoms with Crippen LogP contribution in [-0.4, -0.2) is 15.0 Å². The Hall–Kier alpha value is -0.730. The van der Waals surface area contributed by atoms with Gasteiger partial charge in [0.25, 0.3) is 0 Å². The van der Waals surface area contributed by atoms with Crippen molar-refractivity contribution in [2.75, 3.05) is 6.54 Å². The quantitative estimate of drug-likeness (QED) is 0.857. The van der Waals surface area contributed by atoms with E-state index in [0.29, 0.717) is 23.7 Å². The van der Waals surface area contributed by atoms with E-state index in [-0.39, 0.29) is 0 Å². The lowest BCUT2D eigenvalue weighted by Gasteiger charge is -2.02. The van der Waals surface area contributed by atoms with Crippen molar-refractivity contribution in [3.63, 3.8) is 0 Å². The molecule has 0 saturated heterocycles. The molecule has 0 radical (unpaired) electrons. The average molecular weight is 316 g/mol. The van der Waals surface area contributed by atoms with Crippen LogP contribution in [0, 0.1) is 6.92 Å². The van der Waals surface area contributed by atoms with Gasteiger partial charge in [-0.1, -0.05) is 0 Å². The summed E-state index contributed by atoms with van der Waals surface area (Å²) in [6, 6.07) is 7.38. The molecule has 0 bridgehead atoms. The molecule has 4 nitrogen and oxygen atoms in total. The van der Waals surface area contributed by atoms with Crippen molar-refractivity contribution >= 4 is 32.7 Å². The normalized spacial score (nSPS) is 11.9. The SMILES string of the molecule is Cc1ccc(CNS(=O)(=O)c2ccc(CCN)s2)s1. The highest BCUT2D eigenvalue weighted by molar-refractivity contribution is 7.91. The zero-order valence-corrected chi connectivity index (χ0v) is 13.0. The summed E-state index contributed by atoms with van der Waals surface area (Å²) in [6.07, 6.45) is 0.713. The van der Waals surface area contributed by atoms with Crippen LogP contribution in [0.15, 0.2) is 28.5 Å². The summed E-state index contributed by atoms with van der Waals surface area (Å²) in [5.41, 5.74) is 5.46. The van der Waals surface area contributed by atoms with Gasteiger partial charge in [0.2, 0.25) is 10.0 Å². The Morgan fingerprint density at radius 3 is 2.53 bits per heavy atom. The Kier molecular flexibility index (Phi) is 4.75. The largest absolute Gasteiger partial charge is 0.330 e. The molecule has 0 saturated carbocycles. The van der Waals surface area contributed by atoms with Crippen molar-refractivity contribution in [2.45, 2.75) is 24.1 Å². The minimum atomic E-state index is -3.41. The first-order chi connectivity index (χ1) is 9.01. The number of hydrogen-bond donors (Lipinski definition) is 2. The van der Waals surface area contributed by atoms with E-state index in [2.05, 4.69) is 4.72 Å². The van der Waals surface area contributed by atoms with Gasteiger partial charge in [0.15, 0.2) is 0 Å². The lowest BCUT2D eigenvalue weighted by Crippen LogP contribution is -2.21. The van der Waals surface area contributed by atoms with Gasteiger partial charge in [0.1, 0.15) is 4.21 Å². The minimum absolute atomic E-state index is 0.338. The number of thiophene rings is 2. The highest BCUT2D eigenvalue weighted by Crippen LogP contribution is 2.22. The van der Waals surface area contributed by atoms with Crippen LogP contribution in [0.25, 0.3) is 0 Å². The lowest BCUT2D eigenvalue weighted by atomic mass is 10.3. The lowest BCUT2D eigenvalue weighted by molar-refractivity contribution is 0.584. The molecule has 0 fully saturated rings. The second kappa shape index (κ2) is 6.15. The summed E-state index contributed by atoms with van der Waals surface area (Å²) in [5, 5.41) is 0. The molecule has 3 N–H and O–H groups in total. The van der Waals surface area contributed by atoms with Crippen molar-refractivity contribution in [3.8, 4) is 0 Å². The maximum Gasteiger partial charge on any atom is 0.250 e. The number of sulfonamides is 1. The van der Waals surface area contributed by atoms with Crippen molar-refractivity contribution < 1.29 is 8.42 Å². The maximum absolute atomic E-state index is 12.1. The molecular formula is C12H16N2O2S3. The third kappa shape index (κ3) is 3.87. The maximum atomic E-state index is 12.1. The van der Waals surface area contributed by atoms with E-state index in [4.69, 9.17) is 5.73 Å². The molecule has 104 valence electrons. The highest BCUT2D eigenvalue weighted by atomic mass is 32.2. The fraction of sp³-hybridized carbons (Fsp3) is 0.333. The predicted octanol–water partition coefficient (Wildman–Crippen LogP) is 2.10. The summed E-state index contributed by atoms with van der Waals surface area (Å²) < 4.78 is 27.2. The number of nitrogens with one attached hydrogen (secondary N) is 1. The molecular weight excluding hydrogens is 300 g/mol. The molecule has 7 heteroatoms. The van der Waals surface area contributed by atoms with Crippen LogP contribution in [0.4, 0.5) is 0 Å². The Morgan fingerprint density at radius 2 is 1.89 bits per heavy atom. The highest BCUT2D eigenvalue weighted by Gasteiger charge is 2.16. The van der Waals surface area contributed by atoms with Gasteiger partial charge in [0, 0.05) is 21.2 Å². The molecule has 0 amide bonds. The van der Waals surface area contributed by atoms with Gasteiger partial charge in [0.05, 0.1) is 0 Å². The molecule has 0 spiro atoms. The van der Waals surface area contributed by atoms with Gasteiger partial charge in [-0.05, 0) is 44.2 Å². The van der Waals surface area contributed by atoms with Gasteiger partial charge in [-0.15, -0.1) is 22.7 Å². The van der Waals surface area contributed by atoms with Gasteiger partial charge in [-0.3, -0.25) is 0 Å². The number of nitrogens with two attached hydrogens (primary N) is 1. The number of aryl methyl sites for hydroxylation is 1. The van der Waals surface area contributed by atoms with E-state index < -0.39 is 10.0 Å². The molecule has 2 rings (SSSR count). The molecule has 0 aliphatic heterocycles. The van der Waals surface area contributed by atoms with Crippen LogP contribution in [0.5, 0.6) is 0 Å². The van der Waals surface area contributed by atoms with Crippen LogP contribution in [0.2, 0.25) is 0 Å². The van der Waals surface area contributed by atoms with E-state index in [1.807, 2.05) is 25.1 Å². The zero-order valence-electron chi connectivity index (χ0n) is 10.5. The molecule has 2 heterocycles. The Balaban J connectivity index is 2.04. The van der Waals surface area contributed by atoms with Crippen LogP contribution < -0.4 is 10.5 Å². The smallest absolute Gasteiger partial charge is 0.250 e. The molecule has 2 aromatic heterocycles. The molecule has 0 aromatic carbocycles. The molecule has 0 atom stereocenters. The summed E-state index contributed by atoms with van der Waals surface area (Å²) in [5.74, 6) is 0. The first-order valence-corrected chi connectivity index (χ1v) is 8.96. The summed E-state index contributed by atoms with van der Waals surface area (Å²) >= 11 is 2.87. The van der Waals surface area contributed by atoms with E-state index in [0.717, 1.165) is 9.75 Å². The topological polar surface area (TPSA) is 72.2 Å². The number of rotatable bonds is 6. The fourth-order valence-electron chi connectivity index (χ4n) is 1.60. The fourth-order valence-corrected chi connectivity index (χ4v) is 4.94. The first kappa shape index (κ1) is 14.7. The monoisotopic (exact) mass is 316 g/mol. The van der Waals surface area contributed by atoms with Gasteiger partial charge < -0.3 is 5.73 Å². The first-order valence-electron chi connectivity index (χ1n) is 5.85. The van der Waals surface area contributed by atoms with Crippen molar-refractivity contribution in [1.82, 2.24) is 4.72 Å². The van der Waals surface area contributed by atoms with Crippen molar-refractivity contribution in [2.24, 2.45) is 5.73 Å². The van der Waals surface area contributed by atoms with E-state index in [9.17, 15) is 8.42 Å². The van der Waals surface area contributed by atoms with Gasteiger partial charge >= 0.3 is 0 Å². The average Bonchev–Trinajstić information content (AvgIpc) is 2.97. The van der Waals surface area contributed by atoms with Gasteiger partial charge in [-0.2, -0.15) is 0 Å². The Bertz CT molecular complexity index is 643. The minimum Gasteiger partial charge on any atom is -0.330 e. The second-order valence-corrected chi connectivity index (χ2v) is 8.63. The molecule has 19 heavy (non-hydrogen) atoms. The van der Waals surface area contributed by atoms with E-state index >= 15 is 0 Å². The zero-order chi connectivity index (χ0) is 13.9. The standard InChI is InChI=1S/C12H16N2O2S3/c1-9-2-3-11(17-9)8-14-19(15,16)12-5-4-10(18-12)6-7-13/h2-5,14H,6-8,13H2,1H3. The van der Waals surface area contributed by atoms with Crippen molar-refractivity contribution in [3.05, 3.63) is 38.9 Å². The molecule has 0 aliphatic carbocycles. The third-order valence-electron chi connectivity index (χ3n) is 2.53. The molecule has 2 aromatic rings. The van der Waals surface area contributed by atoms with Gasteiger partial charge in [-0.25, -0.2) is 13.1 Å². The van der Waals surface area contributed by atoms with Crippen LogP contribution in [-0.2, 0) is 23.0 Å². The van der Waals surface area contributed by atoms with Crippen LogP contribution in [0.3, 0.4) is 0 Å². The van der Waals surface area contributed by atoms with Crippen molar-refractivity contribution in [1.29, 1.82) is 0 Å². The van der Waals surface area contributed by atoms with Crippen LogP contribution in [0.1, 0.15) is 14.6 Å². The second-order valence-electron chi connectivity index (χ2n) is 4.10. The number of hydrogen-bond acceptors (Lipinski definition) is 5. The van der Waals surface area contributed by atoms with E-state index in [1.165, 1.54) is 16.2 Å². The molecule has 0 unspecified atom stereocenters. The summed E-state index contributed by atoms with van der Waals surface area (Å²) in [4.78, 5) is 3.19. The Morgan fingerprint density at radius 1 is 1.16 bits per heavy atom. The molecule has 0 aliphatic rings.